The Hall–Kier alpha value is -1.63. The lowest BCUT2D eigenvalue weighted by molar-refractivity contribution is 0.116. The molecule has 5 nitrogen and oxygen atoms in total. The third-order valence-electron chi connectivity index (χ3n) is 1.49. The van der Waals surface area contributed by atoms with Crippen LogP contribution in [0.15, 0.2) is 16.8 Å². The molecule has 0 fully saturated rings. The van der Waals surface area contributed by atoms with Crippen molar-refractivity contribution in [2.45, 2.75) is 6.43 Å². The maximum absolute atomic E-state index is 12.1. The van der Waals surface area contributed by atoms with E-state index in [2.05, 4.69) is 24.6 Å². The largest absolute Gasteiger partial charge is 0.415 e. The molecule has 2 aromatic heterocycles. The van der Waals surface area contributed by atoms with Crippen molar-refractivity contribution in [1.82, 2.24) is 20.2 Å². The lowest BCUT2D eigenvalue weighted by atomic mass is 10.3. The van der Waals surface area contributed by atoms with Crippen LogP contribution in [0, 0.1) is 0 Å². The molecule has 0 radical (unpaired) electrons. The second-order valence-corrected chi connectivity index (χ2v) is 2.82. The molecule has 0 aromatic carbocycles. The van der Waals surface area contributed by atoms with E-state index in [0.29, 0.717) is 5.56 Å². The monoisotopic (exact) mass is 232 g/mol. The summed E-state index contributed by atoms with van der Waals surface area (Å²) in [7, 11) is 0. The quantitative estimate of drug-likeness (QED) is 0.742. The average molecular weight is 233 g/mol. The molecular weight excluding hydrogens is 230 g/mol. The standard InChI is InChI=1S/C7H3ClF2N4O/c8-7-11-1-3(2-12-7)5-13-14-6(15-5)4(9)10/h1-2,4H. The molecule has 0 atom stereocenters. The molecule has 0 aliphatic carbocycles. The first-order chi connectivity index (χ1) is 7.16. The molecule has 0 unspecified atom stereocenters. The van der Waals surface area contributed by atoms with Gasteiger partial charge in [-0.05, 0) is 11.6 Å². The first kappa shape index (κ1) is 9.91. The van der Waals surface area contributed by atoms with Gasteiger partial charge in [0, 0.05) is 12.4 Å². The van der Waals surface area contributed by atoms with E-state index in [1.807, 2.05) is 0 Å². The molecule has 2 heterocycles. The number of halogens is 3. The van der Waals surface area contributed by atoms with E-state index in [9.17, 15) is 8.78 Å². The van der Waals surface area contributed by atoms with Gasteiger partial charge >= 0.3 is 6.43 Å². The zero-order chi connectivity index (χ0) is 10.8. The zero-order valence-corrected chi connectivity index (χ0v) is 7.82. The fourth-order valence-corrected chi connectivity index (χ4v) is 0.960. The molecule has 0 aliphatic rings. The van der Waals surface area contributed by atoms with Crippen molar-refractivity contribution < 1.29 is 13.2 Å². The average Bonchev–Trinajstić information content (AvgIpc) is 2.68. The van der Waals surface area contributed by atoms with Gasteiger partial charge in [0.15, 0.2) is 0 Å². The van der Waals surface area contributed by atoms with Crippen molar-refractivity contribution in [2.75, 3.05) is 0 Å². The summed E-state index contributed by atoms with van der Waals surface area (Å²) in [6.07, 6.45) is -0.185. The fourth-order valence-electron chi connectivity index (χ4n) is 0.862. The molecule has 2 rings (SSSR count). The van der Waals surface area contributed by atoms with Gasteiger partial charge in [-0.15, -0.1) is 10.2 Å². The predicted molar refractivity (Wildman–Crippen MR) is 45.3 cm³/mol. The van der Waals surface area contributed by atoms with Crippen LogP contribution >= 0.6 is 11.6 Å². The van der Waals surface area contributed by atoms with Crippen LogP contribution in [0.4, 0.5) is 8.78 Å². The summed E-state index contributed by atoms with van der Waals surface area (Å²) in [5.74, 6) is -0.804. The SMILES string of the molecule is FC(F)c1nnc(-c2cnc(Cl)nc2)o1. The molecule has 0 saturated carbocycles. The summed E-state index contributed by atoms with van der Waals surface area (Å²) in [4.78, 5) is 7.30. The topological polar surface area (TPSA) is 64.7 Å². The molecule has 8 heteroatoms. The number of alkyl halides is 2. The lowest BCUT2D eigenvalue weighted by Crippen LogP contribution is -1.84. The second kappa shape index (κ2) is 3.85. The molecule has 15 heavy (non-hydrogen) atoms. The summed E-state index contributed by atoms with van der Waals surface area (Å²) in [5, 5.41) is 6.63. The summed E-state index contributed by atoms with van der Waals surface area (Å²) in [6, 6.07) is 0. The predicted octanol–water partition coefficient (Wildman–Crippen LogP) is 2.12. The van der Waals surface area contributed by atoms with Crippen molar-refractivity contribution in [3.63, 3.8) is 0 Å². The van der Waals surface area contributed by atoms with E-state index in [0.717, 1.165) is 0 Å². The Morgan fingerprint density at radius 2 is 1.87 bits per heavy atom. The summed E-state index contributed by atoms with van der Waals surface area (Å²) in [5.41, 5.74) is 0.332. The highest BCUT2D eigenvalue weighted by Crippen LogP contribution is 2.22. The lowest BCUT2D eigenvalue weighted by Gasteiger charge is -1.92. The van der Waals surface area contributed by atoms with Gasteiger partial charge in [-0.25, -0.2) is 9.97 Å². The maximum atomic E-state index is 12.1. The minimum Gasteiger partial charge on any atom is -0.415 e. The first-order valence-corrected chi connectivity index (χ1v) is 4.14. The van der Waals surface area contributed by atoms with E-state index in [1.54, 1.807) is 0 Å². The van der Waals surface area contributed by atoms with Crippen LogP contribution in [-0.2, 0) is 0 Å². The van der Waals surface area contributed by atoms with Crippen molar-refractivity contribution in [3.8, 4) is 11.5 Å². The van der Waals surface area contributed by atoms with E-state index in [-0.39, 0.29) is 11.2 Å². The van der Waals surface area contributed by atoms with E-state index >= 15 is 0 Å². The zero-order valence-electron chi connectivity index (χ0n) is 7.06. The number of aromatic nitrogens is 4. The Morgan fingerprint density at radius 3 is 2.40 bits per heavy atom. The van der Waals surface area contributed by atoms with Gasteiger partial charge in [0.1, 0.15) is 0 Å². The van der Waals surface area contributed by atoms with Gasteiger partial charge in [0.2, 0.25) is 5.28 Å². The van der Waals surface area contributed by atoms with Crippen molar-refractivity contribution in [1.29, 1.82) is 0 Å². The minimum atomic E-state index is -2.79. The highest BCUT2D eigenvalue weighted by molar-refractivity contribution is 6.28. The van der Waals surface area contributed by atoms with Crippen LogP contribution in [0.5, 0.6) is 0 Å². The second-order valence-electron chi connectivity index (χ2n) is 2.49. The molecule has 78 valence electrons. The van der Waals surface area contributed by atoms with Crippen molar-refractivity contribution >= 4 is 11.6 Å². The highest BCUT2D eigenvalue weighted by atomic mass is 35.5. The number of rotatable bonds is 2. The maximum Gasteiger partial charge on any atom is 0.314 e. The molecule has 0 bridgehead atoms. The molecule has 0 amide bonds. The van der Waals surface area contributed by atoms with E-state index < -0.39 is 12.3 Å². The van der Waals surface area contributed by atoms with Crippen LogP contribution < -0.4 is 0 Å². The fraction of sp³-hybridized carbons (Fsp3) is 0.143. The van der Waals surface area contributed by atoms with Gasteiger partial charge in [-0.2, -0.15) is 8.78 Å². The number of nitrogens with zero attached hydrogens (tertiary/aromatic N) is 4. The Labute approximate surface area is 87.1 Å². The number of hydrogen-bond acceptors (Lipinski definition) is 5. The summed E-state index contributed by atoms with van der Waals surface area (Å²) < 4.78 is 28.9. The molecular formula is C7H3ClF2N4O. The van der Waals surface area contributed by atoms with Crippen LogP contribution in [-0.4, -0.2) is 20.2 Å². The molecule has 0 spiro atoms. The third-order valence-corrected chi connectivity index (χ3v) is 1.69. The first-order valence-electron chi connectivity index (χ1n) is 3.76. The smallest absolute Gasteiger partial charge is 0.314 e. The Morgan fingerprint density at radius 1 is 1.20 bits per heavy atom. The molecule has 0 N–H and O–H groups in total. The van der Waals surface area contributed by atoms with Crippen LogP contribution in [0.1, 0.15) is 12.3 Å². The van der Waals surface area contributed by atoms with Gasteiger partial charge in [0.25, 0.3) is 11.8 Å². The van der Waals surface area contributed by atoms with Gasteiger partial charge in [-0.1, -0.05) is 0 Å². The molecule has 0 aliphatic heterocycles. The number of hydrogen-bond donors (Lipinski definition) is 0. The van der Waals surface area contributed by atoms with Crippen LogP contribution in [0.25, 0.3) is 11.5 Å². The van der Waals surface area contributed by atoms with Crippen LogP contribution in [0.2, 0.25) is 5.28 Å². The summed E-state index contributed by atoms with van der Waals surface area (Å²) >= 11 is 5.45. The van der Waals surface area contributed by atoms with E-state index in [1.165, 1.54) is 12.4 Å². The summed E-state index contributed by atoms with van der Waals surface area (Å²) in [6.45, 7) is 0. The van der Waals surface area contributed by atoms with Gasteiger partial charge in [0.05, 0.1) is 5.56 Å². The van der Waals surface area contributed by atoms with E-state index in [4.69, 9.17) is 11.6 Å². The molecule has 2 aromatic rings. The molecule has 0 saturated heterocycles. The Kier molecular flexibility index (Phi) is 2.55. The Balaban J connectivity index is 2.33. The highest BCUT2D eigenvalue weighted by Gasteiger charge is 2.17. The van der Waals surface area contributed by atoms with Crippen LogP contribution in [0.3, 0.4) is 0 Å². The third kappa shape index (κ3) is 2.07. The normalized spacial score (nSPS) is 10.9. The Bertz CT molecular complexity index is 458. The van der Waals surface area contributed by atoms with Crippen molar-refractivity contribution in [3.05, 3.63) is 23.6 Å². The van der Waals surface area contributed by atoms with Crippen molar-refractivity contribution in [2.24, 2.45) is 0 Å². The van der Waals surface area contributed by atoms with Gasteiger partial charge < -0.3 is 4.42 Å². The van der Waals surface area contributed by atoms with Gasteiger partial charge in [-0.3, -0.25) is 0 Å². The minimum absolute atomic E-state index is 0.0485.